The van der Waals surface area contributed by atoms with Crippen LogP contribution in [0.15, 0.2) is 18.2 Å². The van der Waals surface area contributed by atoms with E-state index in [-0.39, 0.29) is 5.91 Å². The first kappa shape index (κ1) is 12.6. The van der Waals surface area contributed by atoms with Crippen LogP contribution in [0.2, 0.25) is 5.02 Å². The highest BCUT2D eigenvalue weighted by atomic mass is 35.5. The third-order valence-electron chi connectivity index (χ3n) is 2.87. The summed E-state index contributed by atoms with van der Waals surface area (Å²) in [5.74, 6) is 2.77. The highest BCUT2D eigenvalue weighted by Crippen LogP contribution is 2.24. The summed E-state index contributed by atoms with van der Waals surface area (Å²) in [5, 5.41) is 3.34. The summed E-state index contributed by atoms with van der Waals surface area (Å²) in [6.07, 6.45) is 1.18. The van der Waals surface area contributed by atoms with E-state index in [2.05, 4.69) is 5.32 Å². The van der Waals surface area contributed by atoms with Crippen LogP contribution < -0.4 is 11.1 Å². The predicted octanol–water partition coefficient (Wildman–Crippen LogP) is 2.41. The summed E-state index contributed by atoms with van der Waals surface area (Å²) in [7, 11) is 0. The third kappa shape index (κ3) is 3.07. The number of para-hydroxylation sites is 1. The Kier molecular flexibility index (Phi) is 4.18. The van der Waals surface area contributed by atoms with E-state index in [0.717, 1.165) is 12.3 Å². The van der Waals surface area contributed by atoms with Crippen LogP contribution in [0.4, 0.5) is 5.69 Å². The SMILES string of the molecule is Nc1c(Cl)cccc1C(=O)NCC1CCSC1. The number of anilines is 1. The number of carbonyl (C=O) groups is 1. The van der Waals surface area contributed by atoms with Gasteiger partial charge in [-0.3, -0.25) is 4.79 Å². The molecule has 2 rings (SSSR count). The van der Waals surface area contributed by atoms with Gasteiger partial charge >= 0.3 is 0 Å². The first-order valence-electron chi connectivity index (χ1n) is 5.58. The molecule has 0 aromatic heterocycles. The molecule has 1 aliphatic heterocycles. The molecular weight excluding hydrogens is 256 g/mol. The minimum Gasteiger partial charge on any atom is -0.397 e. The first-order chi connectivity index (χ1) is 8.18. The van der Waals surface area contributed by atoms with E-state index in [1.54, 1.807) is 18.2 Å². The second-order valence-corrected chi connectivity index (χ2v) is 5.70. The van der Waals surface area contributed by atoms with Crippen LogP contribution >= 0.6 is 23.4 Å². The van der Waals surface area contributed by atoms with E-state index in [0.29, 0.717) is 22.2 Å². The Morgan fingerprint density at radius 3 is 3.12 bits per heavy atom. The molecule has 0 aliphatic carbocycles. The standard InChI is InChI=1S/C12H15ClN2OS/c13-10-3-1-2-9(11(10)14)12(16)15-6-8-4-5-17-7-8/h1-3,8H,4-7,14H2,(H,15,16). The van der Waals surface area contributed by atoms with E-state index >= 15 is 0 Å². The Bertz CT molecular complexity index is 419. The van der Waals surface area contributed by atoms with Gasteiger partial charge in [0.05, 0.1) is 16.3 Å². The van der Waals surface area contributed by atoms with E-state index in [4.69, 9.17) is 17.3 Å². The van der Waals surface area contributed by atoms with Gasteiger partial charge in [-0.05, 0) is 36.0 Å². The average molecular weight is 271 g/mol. The zero-order valence-electron chi connectivity index (χ0n) is 9.41. The second-order valence-electron chi connectivity index (χ2n) is 4.14. The summed E-state index contributed by atoms with van der Waals surface area (Å²) in [5.41, 5.74) is 6.59. The van der Waals surface area contributed by atoms with Crippen molar-refractivity contribution in [1.82, 2.24) is 5.32 Å². The molecule has 0 bridgehead atoms. The fraction of sp³-hybridized carbons (Fsp3) is 0.417. The molecule has 1 heterocycles. The number of thioether (sulfide) groups is 1. The van der Waals surface area contributed by atoms with Crippen molar-refractivity contribution in [3.05, 3.63) is 28.8 Å². The number of nitrogen functional groups attached to an aromatic ring is 1. The molecular formula is C12H15ClN2OS. The van der Waals surface area contributed by atoms with Crippen molar-refractivity contribution >= 4 is 35.0 Å². The summed E-state index contributed by atoms with van der Waals surface area (Å²) >= 11 is 7.81. The number of nitrogens with one attached hydrogen (secondary N) is 1. The van der Waals surface area contributed by atoms with Gasteiger partial charge < -0.3 is 11.1 Å². The van der Waals surface area contributed by atoms with Crippen molar-refractivity contribution in [3.63, 3.8) is 0 Å². The summed E-state index contributed by atoms with van der Waals surface area (Å²) in [4.78, 5) is 11.9. The predicted molar refractivity (Wildman–Crippen MR) is 73.6 cm³/mol. The number of rotatable bonds is 3. The molecule has 1 atom stereocenters. The van der Waals surface area contributed by atoms with Gasteiger partial charge in [0, 0.05) is 6.54 Å². The van der Waals surface area contributed by atoms with Crippen LogP contribution in [0, 0.1) is 5.92 Å². The lowest BCUT2D eigenvalue weighted by atomic mass is 10.1. The van der Waals surface area contributed by atoms with Gasteiger partial charge in [-0.1, -0.05) is 17.7 Å². The zero-order valence-corrected chi connectivity index (χ0v) is 11.0. The van der Waals surface area contributed by atoms with E-state index in [1.807, 2.05) is 11.8 Å². The molecule has 0 spiro atoms. The molecule has 1 saturated heterocycles. The van der Waals surface area contributed by atoms with E-state index in [1.165, 1.54) is 12.2 Å². The number of amides is 1. The average Bonchev–Trinajstić information content (AvgIpc) is 2.82. The molecule has 3 N–H and O–H groups in total. The van der Waals surface area contributed by atoms with E-state index in [9.17, 15) is 4.79 Å². The number of benzene rings is 1. The molecule has 1 unspecified atom stereocenters. The number of halogens is 1. The molecule has 1 aromatic carbocycles. The van der Waals surface area contributed by atoms with Crippen molar-refractivity contribution in [2.24, 2.45) is 5.92 Å². The minimum atomic E-state index is -0.137. The molecule has 1 fully saturated rings. The third-order valence-corrected chi connectivity index (χ3v) is 4.43. The van der Waals surface area contributed by atoms with Gasteiger partial charge in [0.25, 0.3) is 5.91 Å². The lowest BCUT2D eigenvalue weighted by Crippen LogP contribution is -2.29. The fourth-order valence-electron chi connectivity index (χ4n) is 1.81. The summed E-state index contributed by atoms with van der Waals surface area (Å²) < 4.78 is 0. The van der Waals surface area contributed by atoms with Crippen molar-refractivity contribution in [2.45, 2.75) is 6.42 Å². The van der Waals surface area contributed by atoms with Crippen molar-refractivity contribution < 1.29 is 4.79 Å². The van der Waals surface area contributed by atoms with Gasteiger partial charge in [0.1, 0.15) is 0 Å². The first-order valence-corrected chi connectivity index (χ1v) is 7.11. The van der Waals surface area contributed by atoms with Crippen molar-refractivity contribution in [1.29, 1.82) is 0 Å². The van der Waals surface area contributed by atoms with E-state index < -0.39 is 0 Å². The molecule has 3 nitrogen and oxygen atoms in total. The molecule has 1 amide bonds. The molecule has 0 radical (unpaired) electrons. The molecule has 5 heteroatoms. The van der Waals surface area contributed by atoms with Crippen LogP contribution in [0.1, 0.15) is 16.8 Å². The van der Waals surface area contributed by atoms with Crippen molar-refractivity contribution in [2.75, 3.05) is 23.8 Å². The maximum atomic E-state index is 11.9. The Morgan fingerprint density at radius 2 is 2.41 bits per heavy atom. The van der Waals surface area contributed by atoms with Crippen LogP contribution in [-0.4, -0.2) is 24.0 Å². The molecule has 1 aliphatic rings. The monoisotopic (exact) mass is 270 g/mol. The van der Waals surface area contributed by atoms with Gasteiger partial charge in [-0.15, -0.1) is 0 Å². The highest BCUT2D eigenvalue weighted by molar-refractivity contribution is 7.99. The quantitative estimate of drug-likeness (QED) is 0.830. The van der Waals surface area contributed by atoms with Gasteiger partial charge in [-0.25, -0.2) is 0 Å². The molecule has 17 heavy (non-hydrogen) atoms. The maximum absolute atomic E-state index is 11.9. The molecule has 92 valence electrons. The lowest BCUT2D eigenvalue weighted by molar-refractivity contribution is 0.0949. The van der Waals surface area contributed by atoms with Crippen LogP contribution in [0.25, 0.3) is 0 Å². The van der Waals surface area contributed by atoms with Crippen LogP contribution in [0.3, 0.4) is 0 Å². The Morgan fingerprint density at radius 1 is 1.59 bits per heavy atom. The maximum Gasteiger partial charge on any atom is 0.253 e. The normalized spacial score (nSPS) is 19.2. The zero-order chi connectivity index (χ0) is 12.3. The lowest BCUT2D eigenvalue weighted by Gasteiger charge is -2.11. The van der Waals surface area contributed by atoms with Gasteiger partial charge in [0.15, 0.2) is 0 Å². The Hall–Kier alpha value is -0.870. The van der Waals surface area contributed by atoms with Crippen LogP contribution in [0.5, 0.6) is 0 Å². The highest BCUT2D eigenvalue weighted by Gasteiger charge is 2.17. The fourth-order valence-corrected chi connectivity index (χ4v) is 3.27. The Balaban J connectivity index is 1.97. The van der Waals surface area contributed by atoms with Crippen LogP contribution in [-0.2, 0) is 0 Å². The second kappa shape index (κ2) is 5.65. The number of nitrogens with two attached hydrogens (primary N) is 1. The molecule has 1 aromatic rings. The number of hydrogen-bond acceptors (Lipinski definition) is 3. The van der Waals surface area contributed by atoms with Crippen molar-refractivity contribution in [3.8, 4) is 0 Å². The largest absolute Gasteiger partial charge is 0.397 e. The summed E-state index contributed by atoms with van der Waals surface area (Å²) in [6.45, 7) is 0.720. The van der Waals surface area contributed by atoms with Gasteiger partial charge in [0.2, 0.25) is 0 Å². The van der Waals surface area contributed by atoms with Gasteiger partial charge in [-0.2, -0.15) is 11.8 Å². The smallest absolute Gasteiger partial charge is 0.253 e. The Labute approximate surface area is 110 Å². The number of carbonyl (C=O) groups excluding carboxylic acids is 1. The number of hydrogen-bond donors (Lipinski definition) is 2. The topological polar surface area (TPSA) is 55.1 Å². The minimum absolute atomic E-state index is 0.137. The molecule has 0 saturated carbocycles. The summed E-state index contributed by atoms with van der Waals surface area (Å²) in [6, 6.07) is 5.11.